The summed E-state index contributed by atoms with van der Waals surface area (Å²) in [7, 11) is 0. The summed E-state index contributed by atoms with van der Waals surface area (Å²) in [6.45, 7) is 0. The van der Waals surface area contributed by atoms with Gasteiger partial charge in [-0.25, -0.2) is 4.98 Å². The average Bonchev–Trinajstić information content (AvgIpc) is 3.08. The maximum Gasteiger partial charge on any atom is 0.151 e. The van der Waals surface area contributed by atoms with E-state index in [9.17, 15) is 0 Å². The third-order valence-electron chi connectivity index (χ3n) is 3.72. The van der Waals surface area contributed by atoms with E-state index < -0.39 is 0 Å². The molecule has 4 rings (SSSR count). The zero-order valence-electron chi connectivity index (χ0n) is 13.5. The summed E-state index contributed by atoms with van der Waals surface area (Å²) in [4.78, 5) is 9.29. The maximum atomic E-state index is 4.72. The number of hydrogen-bond donors (Lipinski definition) is 0. The fourth-order valence-electron chi connectivity index (χ4n) is 2.44. The number of aliphatic imine (C=N–C) groups is 1. The Morgan fingerprint density at radius 2 is 1.68 bits per heavy atom. The summed E-state index contributed by atoms with van der Waals surface area (Å²) >= 11 is 3.51. The maximum absolute atomic E-state index is 4.72. The highest BCUT2D eigenvalue weighted by atomic mass is 32.2. The zero-order chi connectivity index (χ0) is 16.9. The van der Waals surface area contributed by atoms with Gasteiger partial charge in [0.1, 0.15) is 0 Å². The van der Waals surface area contributed by atoms with Gasteiger partial charge in [0.15, 0.2) is 4.34 Å². The van der Waals surface area contributed by atoms with Crippen LogP contribution in [0.5, 0.6) is 0 Å². The van der Waals surface area contributed by atoms with E-state index in [1.165, 1.54) is 10.3 Å². The molecule has 0 amide bonds. The molecule has 0 aliphatic carbocycles. The molecular formula is C21H16N2S2. The Balaban J connectivity index is 1.50. The van der Waals surface area contributed by atoms with E-state index >= 15 is 0 Å². The number of fused-ring (bicyclic) bond motifs is 1. The molecule has 122 valence electrons. The molecule has 0 saturated carbocycles. The summed E-state index contributed by atoms with van der Waals surface area (Å²) in [5.41, 5.74) is 4.42. The minimum Gasteiger partial charge on any atom is -0.256 e. The minimum atomic E-state index is 0.944. The summed E-state index contributed by atoms with van der Waals surface area (Å²) < 4.78 is 2.28. The highest BCUT2D eigenvalue weighted by molar-refractivity contribution is 8.00. The van der Waals surface area contributed by atoms with Crippen LogP contribution in [0.25, 0.3) is 10.2 Å². The van der Waals surface area contributed by atoms with Crippen molar-refractivity contribution in [3.05, 3.63) is 90.0 Å². The van der Waals surface area contributed by atoms with Crippen LogP contribution >= 0.6 is 23.1 Å². The molecule has 0 bridgehead atoms. The first-order chi connectivity index (χ1) is 12.4. The number of benzene rings is 3. The Kier molecular flexibility index (Phi) is 4.91. The molecule has 0 saturated heterocycles. The van der Waals surface area contributed by atoms with Gasteiger partial charge in [-0.3, -0.25) is 4.99 Å². The van der Waals surface area contributed by atoms with Crippen LogP contribution in [0, 0.1) is 0 Å². The molecule has 4 aromatic rings. The van der Waals surface area contributed by atoms with Gasteiger partial charge in [-0.05, 0) is 29.3 Å². The highest BCUT2D eigenvalue weighted by Crippen LogP contribution is 2.33. The largest absolute Gasteiger partial charge is 0.256 e. The van der Waals surface area contributed by atoms with Crippen molar-refractivity contribution in [3.8, 4) is 0 Å². The summed E-state index contributed by atoms with van der Waals surface area (Å²) in [5, 5.41) is 0. The van der Waals surface area contributed by atoms with Crippen LogP contribution in [-0.4, -0.2) is 11.2 Å². The molecule has 2 nitrogen and oxygen atoms in total. The Bertz CT molecular complexity index is 992. The second-order valence-electron chi connectivity index (χ2n) is 5.57. The van der Waals surface area contributed by atoms with E-state index in [0.29, 0.717) is 0 Å². The SMILES string of the molecule is C(=Nc1ccc2nc(SCc3ccccc3)sc2c1)c1ccccc1. The van der Waals surface area contributed by atoms with Crippen LogP contribution in [-0.2, 0) is 5.75 Å². The molecule has 0 unspecified atom stereocenters. The molecule has 3 aromatic carbocycles. The van der Waals surface area contributed by atoms with Crippen LogP contribution in [0.1, 0.15) is 11.1 Å². The number of thioether (sulfide) groups is 1. The van der Waals surface area contributed by atoms with Gasteiger partial charge in [-0.1, -0.05) is 72.4 Å². The third kappa shape index (κ3) is 4.16. The molecule has 4 heteroatoms. The topological polar surface area (TPSA) is 25.2 Å². The zero-order valence-corrected chi connectivity index (χ0v) is 15.1. The fourth-order valence-corrected chi connectivity index (χ4v) is 4.50. The highest BCUT2D eigenvalue weighted by Gasteiger charge is 2.05. The monoisotopic (exact) mass is 360 g/mol. The standard InChI is InChI=1S/C21H16N2S2/c1-3-7-16(8-4-1)14-22-18-11-12-19-20(13-18)25-21(23-19)24-15-17-9-5-2-6-10-17/h1-14H,15H2. The Hall–Kier alpha value is -2.43. The predicted octanol–water partition coefficient (Wildman–Crippen LogP) is 6.34. The molecule has 25 heavy (non-hydrogen) atoms. The third-order valence-corrected chi connectivity index (χ3v) is 5.95. The summed E-state index contributed by atoms with van der Waals surface area (Å²) in [6, 6.07) is 26.8. The molecule has 0 N–H and O–H groups in total. The molecule has 0 aliphatic rings. The first-order valence-corrected chi connectivity index (χ1v) is 9.83. The van der Waals surface area contributed by atoms with Crippen molar-refractivity contribution in [2.75, 3.05) is 0 Å². The first-order valence-electron chi connectivity index (χ1n) is 8.03. The van der Waals surface area contributed by atoms with Crippen LogP contribution < -0.4 is 0 Å². The molecular weight excluding hydrogens is 344 g/mol. The van der Waals surface area contributed by atoms with Crippen molar-refractivity contribution >= 4 is 45.2 Å². The van der Waals surface area contributed by atoms with Crippen molar-refractivity contribution in [1.29, 1.82) is 0 Å². The van der Waals surface area contributed by atoms with E-state index in [1.807, 2.05) is 48.7 Å². The fraction of sp³-hybridized carbons (Fsp3) is 0.0476. The lowest BCUT2D eigenvalue weighted by molar-refractivity contribution is 1.29. The lowest BCUT2D eigenvalue weighted by Gasteiger charge is -1.97. The Morgan fingerprint density at radius 1 is 0.920 bits per heavy atom. The van der Waals surface area contributed by atoms with E-state index in [-0.39, 0.29) is 0 Å². The average molecular weight is 361 g/mol. The van der Waals surface area contributed by atoms with Gasteiger partial charge in [0.25, 0.3) is 0 Å². The van der Waals surface area contributed by atoms with Crippen LogP contribution in [0.4, 0.5) is 5.69 Å². The van der Waals surface area contributed by atoms with Gasteiger partial charge < -0.3 is 0 Å². The van der Waals surface area contributed by atoms with Gasteiger partial charge >= 0.3 is 0 Å². The lowest BCUT2D eigenvalue weighted by atomic mass is 10.2. The van der Waals surface area contributed by atoms with Crippen molar-refractivity contribution in [3.63, 3.8) is 0 Å². The van der Waals surface area contributed by atoms with Gasteiger partial charge in [0, 0.05) is 12.0 Å². The van der Waals surface area contributed by atoms with Gasteiger partial charge in [0.05, 0.1) is 15.9 Å². The van der Waals surface area contributed by atoms with Crippen molar-refractivity contribution < 1.29 is 0 Å². The quantitative estimate of drug-likeness (QED) is 0.306. The molecule has 0 atom stereocenters. The second kappa shape index (κ2) is 7.64. The number of rotatable bonds is 5. The van der Waals surface area contributed by atoms with Gasteiger partial charge in [0.2, 0.25) is 0 Å². The molecule has 1 heterocycles. The Labute approximate surface area is 155 Å². The number of thiazole rings is 1. The van der Waals surface area contributed by atoms with Gasteiger partial charge in [-0.15, -0.1) is 11.3 Å². The summed E-state index contributed by atoms with van der Waals surface area (Å²) in [6.07, 6.45) is 1.90. The minimum absolute atomic E-state index is 0.944. The molecule has 0 fully saturated rings. The molecule has 0 spiro atoms. The van der Waals surface area contributed by atoms with E-state index in [0.717, 1.165) is 26.9 Å². The van der Waals surface area contributed by atoms with Crippen molar-refractivity contribution in [2.45, 2.75) is 10.1 Å². The number of hydrogen-bond acceptors (Lipinski definition) is 4. The van der Waals surface area contributed by atoms with E-state index in [4.69, 9.17) is 4.98 Å². The number of aromatic nitrogens is 1. The van der Waals surface area contributed by atoms with Crippen molar-refractivity contribution in [2.24, 2.45) is 4.99 Å². The first kappa shape index (κ1) is 16.1. The Morgan fingerprint density at radius 3 is 2.48 bits per heavy atom. The van der Waals surface area contributed by atoms with E-state index in [2.05, 4.69) is 41.4 Å². The molecule has 0 radical (unpaired) electrons. The normalized spacial score (nSPS) is 11.4. The lowest BCUT2D eigenvalue weighted by Crippen LogP contribution is -1.78. The predicted molar refractivity (Wildman–Crippen MR) is 109 cm³/mol. The number of nitrogens with zero attached hydrogens (tertiary/aromatic N) is 2. The second-order valence-corrected chi connectivity index (χ2v) is 7.83. The van der Waals surface area contributed by atoms with Crippen LogP contribution in [0.15, 0.2) is 88.2 Å². The molecule has 1 aromatic heterocycles. The summed E-state index contributed by atoms with van der Waals surface area (Å²) in [5.74, 6) is 0.944. The van der Waals surface area contributed by atoms with Crippen molar-refractivity contribution in [1.82, 2.24) is 4.98 Å². The van der Waals surface area contributed by atoms with E-state index in [1.54, 1.807) is 23.1 Å². The smallest absolute Gasteiger partial charge is 0.151 e. The molecule has 0 aliphatic heterocycles. The van der Waals surface area contributed by atoms with Crippen LogP contribution in [0.3, 0.4) is 0 Å². The van der Waals surface area contributed by atoms with Gasteiger partial charge in [-0.2, -0.15) is 0 Å². The van der Waals surface area contributed by atoms with Crippen LogP contribution in [0.2, 0.25) is 0 Å².